The van der Waals surface area contributed by atoms with Crippen LogP contribution in [-0.2, 0) is 11.3 Å². The van der Waals surface area contributed by atoms with Crippen LogP contribution in [0.2, 0.25) is 0 Å². The molecule has 0 bridgehead atoms. The van der Waals surface area contributed by atoms with Gasteiger partial charge in [-0.1, -0.05) is 0 Å². The maximum atomic E-state index is 11.8. The molecule has 2 rings (SSSR count). The Labute approximate surface area is 142 Å². The van der Waals surface area contributed by atoms with Gasteiger partial charge in [0.1, 0.15) is 11.7 Å². The molecule has 6 heteroatoms. The van der Waals surface area contributed by atoms with Crippen LogP contribution in [0.15, 0.2) is 11.4 Å². The van der Waals surface area contributed by atoms with Gasteiger partial charge in [0.05, 0.1) is 5.56 Å². The lowest BCUT2D eigenvalue weighted by atomic mass is 9.91. The average molecular weight is 335 g/mol. The smallest absolute Gasteiger partial charge is 0.407 e. The third-order valence-electron chi connectivity index (χ3n) is 3.80. The van der Waals surface area contributed by atoms with Crippen molar-refractivity contribution in [1.82, 2.24) is 10.6 Å². The van der Waals surface area contributed by atoms with E-state index in [9.17, 15) is 4.79 Å². The largest absolute Gasteiger partial charge is 0.444 e. The normalized spacial score (nSPS) is 21.5. The predicted octanol–water partition coefficient (Wildman–Crippen LogP) is 3.55. The van der Waals surface area contributed by atoms with Crippen LogP contribution in [0.3, 0.4) is 0 Å². The highest BCUT2D eigenvalue weighted by atomic mass is 32.1. The third kappa shape index (κ3) is 6.20. The minimum absolute atomic E-state index is 0.204. The number of hydrogen-bond acceptors (Lipinski definition) is 5. The number of rotatable bonds is 4. The molecule has 1 saturated carbocycles. The molecule has 0 aromatic carbocycles. The van der Waals surface area contributed by atoms with Crippen molar-refractivity contribution < 1.29 is 9.53 Å². The molecule has 0 aliphatic heterocycles. The highest BCUT2D eigenvalue weighted by Gasteiger charge is 2.24. The lowest BCUT2D eigenvalue weighted by Gasteiger charge is -2.30. The monoisotopic (exact) mass is 335 g/mol. The molecule has 0 radical (unpaired) electrons. The van der Waals surface area contributed by atoms with Gasteiger partial charge in [0, 0.05) is 28.9 Å². The van der Waals surface area contributed by atoms with Gasteiger partial charge >= 0.3 is 6.09 Å². The minimum Gasteiger partial charge on any atom is -0.444 e. The SMILES string of the molecule is CC(C)(C)OC(=O)NC1CCC(NCc2cc(C#N)cs2)CC1. The Morgan fingerprint density at radius 2 is 2.00 bits per heavy atom. The number of nitrogens with one attached hydrogen (secondary N) is 2. The third-order valence-corrected chi connectivity index (χ3v) is 4.73. The molecule has 1 aliphatic rings. The first kappa shape index (κ1) is 17.8. The standard InChI is InChI=1S/C17H25N3O2S/c1-17(2,3)22-16(21)20-14-6-4-13(5-7-14)19-10-15-8-12(9-18)11-23-15/h8,11,13-14,19H,4-7,10H2,1-3H3,(H,20,21). The zero-order valence-corrected chi connectivity index (χ0v) is 14.8. The first-order valence-electron chi connectivity index (χ1n) is 8.06. The number of alkyl carbamates (subject to hydrolysis) is 1. The van der Waals surface area contributed by atoms with Gasteiger partial charge in [0.2, 0.25) is 0 Å². The maximum absolute atomic E-state index is 11.8. The van der Waals surface area contributed by atoms with Crippen molar-refractivity contribution in [2.45, 2.75) is 70.7 Å². The molecule has 1 aliphatic carbocycles. The second-order valence-electron chi connectivity index (χ2n) is 6.99. The topological polar surface area (TPSA) is 74.2 Å². The van der Waals surface area contributed by atoms with Crippen LogP contribution in [0.25, 0.3) is 0 Å². The van der Waals surface area contributed by atoms with E-state index in [-0.39, 0.29) is 12.1 Å². The highest BCUT2D eigenvalue weighted by Crippen LogP contribution is 2.21. The molecule has 0 saturated heterocycles. The van der Waals surface area contributed by atoms with E-state index in [0.29, 0.717) is 6.04 Å². The van der Waals surface area contributed by atoms with E-state index in [1.165, 1.54) is 4.88 Å². The predicted molar refractivity (Wildman–Crippen MR) is 91.3 cm³/mol. The molecular weight excluding hydrogens is 310 g/mol. The number of carbonyl (C=O) groups is 1. The molecule has 0 atom stereocenters. The van der Waals surface area contributed by atoms with Gasteiger partial charge in [0.25, 0.3) is 0 Å². The summed E-state index contributed by atoms with van der Waals surface area (Å²) in [6.45, 7) is 6.42. The molecular formula is C17H25N3O2S. The van der Waals surface area contributed by atoms with Gasteiger partial charge < -0.3 is 15.4 Å². The first-order valence-corrected chi connectivity index (χ1v) is 8.94. The van der Waals surface area contributed by atoms with Gasteiger partial charge in [-0.3, -0.25) is 0 Å². The summed E-state index contributed by atoms with van der Waals surface area (Å²) in [5.74, 6) is 0. The van der Waals surface area contributed by atoms with E-state index in [2.05, 4.69) is 16.7 Å². The van der Waals surface area contributed by atoms with Crippen LogP contribution in [0, 0.1) is 11.3 Å². The zero-order chi connectivity index (χ0) is 16.9. The Hall–Kier alpha value is -1.58. The Balaban J connectivity index is 1.67. The summed E-state index contributed by atoms with van der Waals surface area (Å²) >= 11 is 1.62. The Bertz CT molecular complexity index is 563. The van der Waals surface area contributed by atoms with Gasteiger partial charge in [0.15, 0.2) is 0 Å². The minimum atomic E-state index is -0.453. The van der Waals surface area contributed by atoms with Crippen molar-refractivity contribution in [1.29, 1.82) is 5.26 Å². The lowest BCUT2D eigenvalue weighted by Crippen LogP contribution is -2.43. The van der Waals surface area contributed by atoms with Crippen molar-refractivity contribution >= 4 is 17.4 Å². The molecule has 23 heavy (non-hydrogen) atoms. The molecule has 1 aromatic heterocycles. The van der Waals surface area contributed by atoms with Crippen LogP contribution < -0.4 is 10.6 Å². The molecule has 126 valence electrons. The molecule has 1 amide bonds. The van der Waals surface area contributed by atoms with Gasteiger partial charge in [-0.15, -0.1) is 11.3 Å². The number of nitriles is 1. The van der Waals surface area contributed by atoms with Crippen LogP contribution >= 0.6 is 11.3 Å². The molecule has 0 unspecified atom stereocenters. The Kier molecular flexibility index (Phi) is 6.03. The van der Waals surface area contributed by atoms with Crippen molar-refractivity contribution in [3.63, 3.8) is 0 Å². The van der Waals surface area contributed by atoms with Crippen LogP contribution in [-0.4, -0.2) is 23.8 Å². The average Bonchev–Trinajstić information content (AvgIpc) is 2.92. The van der Waals surface area contributed by atoms with E-state index in [1.54, 1.807) is 11.3 Å². The van der Waals surface area contributed by atoms with Crippen molar-refractivity contribution in [3.8, 4) is 6.07 Å². The first-order chi connectivity index (χ1) is 10.9. The van der Waals surface area contributed by atoms with Crippen LogP contribution in [0.1, 0.15) is 56.9 Å². The summed E-state index contributed by atoms with van der Waals surface area (Å²) in [4.78, 5) is 13.0. The molecule has 2 N–H and O–H groups in total. The quantitative estimate of drug-likeness (QED) is 0.882. The number of nitrogens with zero attached hydrogens (tertiary/aromatic N) is 1. The van der Waals surface area contributed by atoms with E-state index in [1.807, 2.05) is 32.2 Å². The second-order valence-corrected chi connectivity index (χ2v) is 7.98. The Morgan fingerprint density at radius 3 is 2.57 bits per heavy atom. The fourth-order valence-corrected chi connectivity index (χ4v) is 3.45. The summed E-state index contributed by atoms with van der Waals surface area (Å²) in [6, 6.07) is 4.77. The Morgan fingerprint density at radius 1 is 1.35 bits per heavy atom. The van der Waals surface area contributed by atoms with Crippen LogP contribution in [0.4, 0.5) is 4.79 Å². The highest BCUT2D eigenvalue weighted by molar-refractivity contribution is 7.10. The maximum Gasteiger partial charge on any atom is 0.407 e. The van der Waals surface area contributed by atoms with Crippen LogP contribution in [0.5, 0.6) is 0 Å². The van der Waals surface area contributed by atoms with E-state index in [4.69, 9.17) is 10.00 Å². The van der Waals surface area contributed by atoms with E-state index >= 15 is 0 Å². The number of hydrogen-bond donors (Lipinski definition) is 2. The number of ether oxygens (including phenoxy) is 1. The molecule has 1 aromatic rings. The second kappa shape index (κ2) is 7.80. The lowest BCUT2D eigenvalue weighted by molar-refractivity contribution is 0.0490. The molecule has 1 fully saturated rings. The summed E-state index contributed by atoms with van der Waals surface area (Å²) in [7, 11) is 0. The fraction of sp³-hybridized carbons (Fsp3) is 0.647. The van der Waals surface area contributed by atoms with E-state index < -0.39 is 5.60 Å². The number of amides is 1. The summed E-state index contributed by atoms with van der Waals surface area (Å²) < 4.78 is 5.29. The number of carbonyl (C=O) groups excluding carboxylic acids is 1. The van der Waals surface area contributed by atoms with Gasteiger partial charge in [-0.05, 0) is 52.5 Å². The van der Waals surface area contributed by atoms with Crippen molar-refractivity contribution in [3.05, 3.63) is 21.9 Å². The molecule has 1 heterocycles. The van der Waals surface area contributed by atoms with Crippen molar-refractivity contribution in [2.24, 2.45) is 0 Å². The zero-order valence-electron chi connectivity index (χ0n) is 14.0. The number of thiophene rings is 1. The summed E-state index contributed by atoms with van der Waals surface area (Å²) in [5.41, 5.74) is 0.281. The van der Waals surface area contributed by atoms with Gasteiger partial charge in [-0.2, -0.15) is 5.26 Å². The summed E-state index contributed by atoms with van der Waals surface area (Å²) in [5, 5.41) is 17.2. The van der Waals surface area contributed by atoms with Gasteiger partial charge in [-0.25, -0.2) is 4.79 Å². The molecule has 0 spiro atoms. The molecule has 5 nitrogen and oxygen atoms in total. The fourth-order valence-electron chi connectivity index (χ4n) is 2.69. The van der Waals surface area contributed by atoms with E-state index in [0.717, 1.165) is 37.8 Å². The van der Waals surface area contributed by atoms with Crippen molar-refractivity contribution in [2.75, 3.05) is 0 Å². The summed E-state index contributed by atoms with van der Waals surface area (Å²) in [6.07, 6.45) is 3.68.